The van der Waals surface area contributed by atoms with Crippen molar-refractivity contribution in [3.8, 4) is 5.75 Å². The van der Waals surface area contributed by atoms with E-state index in [4.69, 9.17) is 0 Å². The second kappa shape index (κ2) is 5.41. The number of benzene rings is 2. The molecule has 0 aliphatic carbocycles. The number of amides is 1. The van der Waals surface area contributed by atoms with Crippen LogP contribution in [0.4, 0.5) is 0 Å². The van der Waals surface area contributed by atoms with Gasteiger partial charge in [-0.3, -0.25) is 4.79 Å². The normalized spacial score (nSPS) is 23.3. The molecule has 23 heavy (non-hydrogen) atoms. The molecule has 2 aliphatic heterocycles. The first-order valence-corrected chi connectivity index (χ1v) is 8.36. The van der Waals surface area contributed by atoms with E-state index >= 15 is 0 Å². The van der Waals surface area contributed by atoms with Crippen LogP contribution in [0.3, 0.4) is 0 Å². The number of hydrogen-bond donors (Lipinski definition) is 1. The number of phenolic OH excluding ortho intramolecular Hbond substituents is 1. The van der Waals surface area contributed by atoms with Gasteiger partial charge in [-0.15, -0.1) is 0 Å². The van der Waals surface area contributed by atoms with E-state index in [-0.39, 0.29) is 11.4 Å². The summed E-state index contributed by atoms with van der Waals surface area (Å²) in [5, 5.41) is 9.83. The molecular formula is C20H21NO2. The number of nitrogens with zero attached hydrogens (tertiary/aromatic N) is 1. The number of aromatic hydroxyl groups is 1. The average Bonchev–Trinajstić information content (AvgIpc) is 2.55. The molecule has 1 amide bonds. The standard InChI is InChI=1S/C20H21NO2/c22-17-8-9-18-16(13-17)10-12-21-19(23)7-4-11-20(18,21)14-15-5-2-1-3-6-15/h1-3,5-6,8-9,13,22H,4,7,10-12,14H2. The van der Waals surface area contributed by atoms with Crippen LogP contribution >= 0.6 is 0 Å². The van der Waals surface area contributed by atoms with Gasteiger partial charge in [-0.05, 0) is 54.5 Å². The average molecular weight is 307 g/mol. The largest absolute Gasteiger partial charge is 0.508 e. The van der Waals surface area contributed by atoms with Gasteiger partial charge in [0, 0.05) is 13.0 Å². The summed E-state index contributed by atoms with van der Waals surface area (Å²) in [4.78, 5) is 14.7. The van der Waals surface area contributed by atoms with Crippen LogP contribution in [0.25, 0.3) is 0 Å². The smallest absolute Gasteiger partial charge is 0.223 e. The Morgan fingerprint density at radius 1 is 1.09 bits per heavy atom. The molecule has 0 bridgehead atoms. The van der Waals surface area contributed by atoms with E-state index in [2.05, 4.69) is 29.2 Å². The van der Waals surface area contributed by atoms with Crippen LogP contribution in [0.15, 0.2) is 48.5 Å². The molecule has 1 unspecified atom stereocenters. The highest BCUT2D eigenvalue weighted by molar-refractivity contribution is 5.79. The van der Waals surface area contributed by atoms with Crippen molar-refractivity contribution in [1.82, 2.24) is 4.90 Å². The molecule has 2 aromatic carbocycles. The zero-order chi connectivity index (χ0) is 15.9. The van der Waals surface area contributed by atoms with Gasteiger partial charge in [-0.2, -0.15) is 0 Å². The fraction of sp³-hybridized carbons (Fsp3) is 0.350. The van der Waals surface area contributed by atoms with Crippen LogP contribution in [-0.2, 0) is 23.2 Å². The summed E-state index contributed by atoms with van der Waals surface area (Å²) in [6.07, 6.45) is 4.25. The summed E-state index contributed by atoms with van der Waals surface area (Å²) in [5.74, 6) is 0.583. The first-order valence-electron chi connectivity index (χ1n) is 8.36. The van der Waals surface area contributed by atoms with Gasteiger partial charge >= 0.3 is 0 Å². The molecule has 2 aliphatic rings. The lowest BCUT2D eigenvalue weighted by Gasteiger charge is -2.51. The SMILES string of the molecule is O=C1CCCC2(Cc3ccccc3)c3ccc(O)cc3CCN12. The molecule has 1 atom stereocenters. The summed E-state index contributed by atoms with van der Waals surface area (Å²) in [6.45, 7) is 0.752. The van der Waals surface area contributed by atoms with E-state index in [1.54, 1.807) is 6.07 Å². The molecule has 2 aromatic rings. The lowest BCUT2D eigenvalue weighted by molar-refractivity contribution is -0.143. The highest BCUT2D eigenvalue weighted by atomic mass is 16.3. The minimum atomic E-state index is -0.252. The predicted octanol–water partition coefficient (Wildman–Crippen LogP) is 3.40. The summed E-state index contributed by atoms with van der Waals surface area (Å²) in [6, 6.07) is 16.1. The highest BCUT2D eigenvalue weighted by Crippen LogP contribution is 2.45. The van der Waals surface area contributed by atoms with Gasteiger partial charge in [-0.1, -0.05) is 36.4 Å². The fourth-order valence-electron chi connectivity index (χ4n) is 4.35. The Morgan fingerprint density at radius 2 is 1.91 bits per heavy atom. The van der Waals surface area contributed by atoms with Crippen molar-refractivity contribution < 1.29 is 9.90 Å². The number of piperidine rings is 1. The van der Waals surface area contributed by atoms with Crippen molar-refractivity contribution in [2.75, 3.05) is 6.54 Å². The van der Waals surface area contributed by atoms with Crippen molar-refractivity contribution in [3.63, 3.8) is 0 Å². The summed E-state index contributed by atoms with van der Waals surface area (Å²) in [7, 11) is 0. The number of hydrogen-bond acceptors (Lipinski definition) is 2. The van der Waals surface area contributed by atoms with Gasteiger partial charge in [-0.25, -0.2) is 0 Å². The first kappa shape index (κ1) is 14.3. The molecular weight excluding hydrogens is 286 g/mol. The Balaban J connectivity index is 1.85. The Morgan fingerprint density at radius 3 is 2.74 bits per heavy atom. The molecule has 0 saturated carbocycles. The van der Waals surface area contributed by atoms with Gasteiger partial charge in [0.15, 0.2) is 0 Å². The van der Waals surface area contributed by atoms with Crippen LogP contribution < -0.4 is 0 Å². The van der Waals surface area contributed by atoms with Crippen molar-refractivity contribution >= 4 is 5.91 Å². The van der Waals surface area contributed by atoms with E-state index in [1.165, 1.54) is 16.7 Å². The monoisotopic (exact) mass is 307 g/mol. The van der Waals surface area contributed by atoms with Crippen LogP contribution in [0, 0.1) is 0 Å². The quantitative estimate of drug-likeness (QED) is 0.924. The molecule has 1 fully saturated rings. The molecule has 1 saturated heterocycles. The Kier molecular flexibility index (Phi) is 3.37. The maximum Gasteiger partial charge on any atom is 0.223 e. The van der Waals surface area contributed by atoms with Gasteiger partial charge in [0.25, 0.3) is 0 Å². The van der Waals surface area contributed by atoms with Crippen molar-refractivity contribution in [3.05, 3.63) is 65.2 Å². The minimum Gasteiger partial charge on any atom is -0.508 e. The lowest BCUT2D eigenvalue weighted by Crippen LogP contribution is -2.56. The number of phenols is 1. The number of fused-ring (bicyclic) bond motifs is 3. The van der Waals surface area contributed by atoms with E-state index in [1.807, 2.05) is 18.2 Å². The second-order valence-electron chi connectivity index (χ2n) is 6.68. The van der Waals surface area contributed by atoms with Crippen LogP contribution in [0.2, 0.25) is 0 Å². The number of rotatable bonds is 2. The molecule has 4 rings (SSSR count). The van der Waals surface area contributed by atoms with E-state index < -0.39 is 0 Å². The van der Waals surface area contributed by atoms with Gasteiger partial charge < -0.3 is 10.0 Å². The third-order valence-electron chi connectivity index (χ3n) is 5.33. The number of carbonyl (C=O) groups is 1. The molecule has 0 spiro atoms. The summed E-state index contributed by atoms with van der Waals surface area (Å²) in [5.41, 5.74) is 3.41. The van der Waals surface area contributed by atoms with Crippen molar-refractivity contribution in [2.45, 2.75) is 37.6 Å². The predicted molar refractivity (Wildman–Crippen MR) is 89.2 cm³/mol. The summed E-state index contributed by atoms with van der Waals surface area (Å²) >= 11 is 0. The second-order valence-corrected chi connectivity index (χ2v) is 6.68. The number of carbonyl (C=O) groups excluding carboxylic acids is 1. The molecule has 0 aromatic heterocycles. The van der Waals surface area contributed by atoms with Crippen LogP contribution in [0.5, 0.6) is 5.75 Å². The van der Waals surface area contributed by atoms with Gasteiger partial charge in [0.1, 0.15) is 5.75 Å². The van der Waals surface area contributed by atoms with Gasteiger partial charge in [0.05, 0.1) is 5.54 Å². The van der Waals surface area contributed by atoms with E-state index in [0.717, 1.165) is 32.2 Å². The molecule has 118 valence electrons. The molecule has 1 N–H and O–H groups in total. The molecule has 3 heteroatoms. The summed E-state index contributed by atoms with van der Waals surface area (Å²) < 4.78 is 0. The topological polar surface area (TPSA) is 40.5 Å². The van der Waals surface area contributed by atoms with Crippen LogP contribution in [-0.4, -0.2) is 22.5 Å². The van der Waals surface area contributed by atoms with Crippen LogP contribution in [0.1, 0.15) is 36.0 Å². The molecule has 2 heterocycles. The van der Waals surface area contributed by atoms with Gasteiger partial charge in [0.2, 0.25) is 5.91 Å². The third kappa shape index (κ3) is 2.31. The molecule has 3 nitrogen and oxygen atoms in total. The maximum atomic E-state index is 12.6. The minimum absolute atomic E-state index is 0.252. The Hall–Kier alpha value is -2.29. The first-order chi connectivity index (χ1) is 11.2. The zero-order valence-electron chi connectivity index (χ0n) is 13.2. The zero-order valence-corrected chi connectivity index (χ0v) is 13.2. The maximum absolute atomic E-state index is 12.6. The van der Waals surface area contributed by atoms with Crippen molar-refractivity contribution in [1.29, 1.82) is 0 Å². The highest BCUT2D eigenvalue weighted by Gasteiger charge is 2.46. The lowest BCUT2D eigenvalue weighted by atomic mass is 9.71. The fourth-order valence-corrected chi connectivity index (χ4v) is 4.35. The molecule has 0 radical (unpaired) electrons. The third-order valence-corrected chi connectivity index (χ3v) is 5.33. The van der Waals surface area contributed by atoms with E-state index in [9.17, 15) is 9.90 Å². The van der Waals surface area contributed by atoms with E-state index in [0.29, 0.717) is 12.2 Å². The Bertz CT molecular complexity index is 741. The van der Waals surface area contributed by atoms with Crippen molar-refractivity contribution in [2.24, 2.45) is 0 Å². The Labute approximate surface area is 136 Å².